The first kappa shape index (κ1) is 20.7. The lowest BCUT2D eigenvalue weighted by molar-refractivity contribution is -0.168. The number of hydrogen-bond donors (Lipinski definition) is 1. The molecule has 5 unspecified atom stereocenters. The summed E-state index contributed by atoms with van der Waals surface area (Å²) in [5.74, 6) is -3.81. The van der Waals surface area contributed by atoms with Crippen LogP contribution in [0.15, 0.2) is 47.1 Å². The van der Waals surface area contributed by atoms with E-state index in [4.69, 9.17) is 14.2 Å². The Labute approximate surface area is 167 Å². The highest BCUT2D eigenvalue weighted by molar-refractivity contribution is 6.11. The van der Waals surface area contributed by atoms with Crippen molar-refractivity contribution in [2.75, 3.05) is 0 Å². The smallest absolute Gasteiger partial charge is 0.334 e. The summed E-state index contributed by atoms with van der Waals surface area (Å²) in [5, 5.41) is 11.6. The molecule has 3 rings (SSSR count). The predicted octanol–water partition coefficient (Wildman–Crippen LogP) is 1.09. The van der Waals surface area contributed by atoms with Crippen LogP contribution in [0, 0.1) is 5.92 Å². The van der Waals surface area contributed by atoms with Crippen LogP contribution in [0.5, 0.6) is 0 Å². The molecule has 1 fully saturated rings. The molecule has 0 amide bonds. The monoisotopic (exact) mass is 402 g/mol. The molecule has 5 atom stereocenters. The largest absolute Gasteiger partial charge is 0.457 e. The summed E-state index contributed by atoms with van der Waals surface area (Å²) in [6.07, 6.45) is -2.51. The lowest BCUT2D eigenvalue weighted by Gasteiger charge is -2.35. The van der Waals surface area contributed by atoms with Gasteiger partial charge in [0.1, 0.15) is 6.10 Å². The number of ether oxygens (including phenoxy) is 3. The van der Waals surface area contributed by atoms with E-state index in [1.807, 2.05) is 0 Å². The molecule has 0 aromatic heterocycles. The quantitative estimate of drug-likeness (QED) is 0.424. The summed E-state index contributed by atoms with van der Waals surface area (Å²) in [4.78, 5) is 49.1. The van der Waals surface area contributed by atoms with Crippen LogP contribution in [-0.4, -0.2) is 52.7 Å². The van der Waals surface area contributed by atoms with Crippen LogP contribution in [0.2, 0.25) is 0 Å². The molecular weight excluding hydrogens is 380 g/mol. The fraction of sp³-hybridized carbons (Fsp3) is 0.429. The molecule has 1 heterocycles. The van der Waals surface area contributed by atoms with E-state index in [1.54, 1.807) is 0 Å². The average molecular weight is 402 g/mol. The van der Waals surface area contributed by atoms with Gasteiger partial charge in [0.2, 0.25) is 0 Å². The van der Waals surface area contributed by atoms with Gasteiger partial charge in [-0.3, -0.25) is 9.59 Å². The van der Waals surface area contributed by atoms with Crippen molar-refractivity contribution in [1.29, 1.82) is 0 Å². The second kappa shape index (κ2) is 6.81. The zero-order chi connectivity index (χ0) is 21.8. The number of esters is 3. The first-order valence-corrected chi connectivity index (χ1v) is 9.01. The van der Waals surface area contributed by atoms with Gasteiger partial charge in [-0.05, 0) is 38.0 Å². The number of hydrogen-bond acceptors (Lipinski definition) is 8. The number of carbonyl (C=O) groups excluding carboxylic acids is 4. The van der Waals surface area contributed by atoms with Gasteiger partial charge in [-0.2, -0.15) is 0 Å². The molecule has 0 spiro atoms. The second-order valence-corrected chi connectivity index (χ2v) is 7.57. The Morgan fingerprint density at radius 1 is 1.21 bits per heavy atom. The zero-order valence-corrected chi connectivity index (χ0v) is 16.6. The van der Waals surface area contributed by atoms with Gasteiger partial charge in [0.25, 0.3) is 0 Å². The van der Waals surface area contributed by atoms with E-state index >= 15 is 0 Å². The molecule has 0 aromatic carbocycles. The first-order chi connectivity index (χ1) is 13.4. The summed E-state index contributed by atoms with van der Waals surface area (Å²) in [7, 11) is 0. The summed E-state index contributed by atoms with van der Waals surface area (Å²) in [6.45, 7) is 12.9. The molecule has 0 aromatic rings. The molecule has 0 radical (unpaired) electrons. The standard InChI is InChI=1S/C21H22O8/c1-8(2)19(24)28-16-11(5)15-13(23)7-9(3)21(15,26)18-14(10(4)20(25)29-18)17(16)27-12(6)22/h7,14,16-18,26H,1,4H2,2-3,5-6H3. The number of carbonyl (C=O) groups is 4. The Morgan fingerprint density at radius 3 is 2.38 bits per heavy atom. The van der Waals surface area contributed by atoms with Gasteiger partial charge < -0.3 is 19.3 Å². The number of aliphatic hydroxyl groups is 1. The SMILES string of the molecule is C=C(C)C(=O)OC1C(C)=C2C(=O)C=C(C)C2(O)C2OC(=O)C(=C)C2C1OC(C)=O. The Morgan fingerprint density at radius 2 is 1.83 bits per heavy atom. The van der Waals surface area contributed by atoms with E-state index in [1.165, 1.54) is 26.8 Å². The maximum absolute atomic E-state index is 12.7. The van der Waals surface area contributed by atoms with Crippen molar-refractivity contribution in [3.8, 4) is 0 Å². The molecule has 1 aliphatic heterocycles. The lowest BCUT2D eigenvalue weighted by atomic mass is 9.78. The third-order valence-corrected chi connectivity index (χ3v) is 5.57. The minimum atomic E-state index is -1.95. The fourth-order valence-corrected chi connectivity index (χ4v) is 4.20. The van der Waals surface area contributed by atoms with Crippen LogP contribution >= 0.6 is 0 Å². The van der Waals surface area contributed by atoms with Crippen molar-refractivity contribution in [3.63, 3.8) is 0 Å². The minimum absolute atomic E-state index is 0.0488. The minimum Gasteiger partial charge on any atom is -0.457 e. The molecule has 3 aliphatic rings. The second-order valence-electron chi connectivity index (χ2n) is 7.57. The third-order valence-electron chi connectivity index (χ3n) is 5.57. The Hall–Kier alpha value is -3.00. The van der Waals surface area contributed by atoms with Crippen molar-refractivity contribution < 1.29 is 38.5 Å². The maximum atomic E-state index is 12.7. The van der Waals surface area contributed by atoms with E-state index in [2.05, 4.69) is 13.2 Å². The maximum Gasteiger partial charge on any atom is 0.334 e. The third kappa shape index (κ3) is 2.95. The van der Waals surface area contributed by atoms with E-state index in [-0.39, 0.29) is 27.9 Å². The van der Waals surface area contributed by atoms with Gasteiger partial charge in [0.05, 0.1) is 5.92 Å². The highest BCUT2D eigenvalue weighted by Gasteiger charge is 2.64. The summed E-state index contributed by atoms with van der Waals surface area (Å²) >= 11 is 0. The molecular formula is C21H22O8. The van der Waals surface area contributed by atoms with Crippen LogP contribution in [0.3, 0.4) is 0 Å². The molecule has 8 heteroatoms. The normalized spacial score (nSPS) is 33.4. The molecule has 1 saturated heterocycles. The highest BCUT2D eigenvalue weighted by atomic mass is 16.6. The Bertz CT molecular complexity index is 936. The van der Waals surface area contributed by atoms with E-state index < -0.39 is 53.5 Å². The van der Waals surface area contributed by atoms with Crippen molar-refractivity contribution >= 4 is 23.7 Å². The lowest BCUT2D eigenvalue weighted by Crippen LogP contribution is -2.50. The average Bonchev–Trinajstić information content (AvgIpc) is 3.01. The van der Waals surface area contributed by atoms with Gasteiger partial charge in [0, 0.05) is 23.6 Å². The Balaban J connectivity index is 2.28. The van der Waals surface area contributed by atoms with E-state index in [0.717, 1.165) is 6.92 Å². The molecule has 0 saturated carbocycles. The van der Waals surface area contributed by atoms with Gasteiger partial charge in [-0.1, -0.05) is 13.2 Å². The molecule has 8 nitrogen and oxygen atoms in total. The zero-order valence-electron chi connectivity index (χ0n) is 16.6. The van der Waals surface area contributed by atoms with E-state index in [9.17, 15) is 24.3 Å². The van der Waals surface area contributed by atoms with Crippen molar-refractivity contribution in [2.24, 2.45) is 5.92 Å². The number of rotatable bonds is 3. The first-order valence-electron chi connectivity index (χ1n) is 9.01. The van der Waals surface area contributed by atoms with Crippen LogP contribution < -0.4 is 0 Å². The van der Waals surface area contributed by atoms with Gasteiger partial charge >= 0.3 is 17.9 Å². The molecule has 154 valence electrons. The molecule has 29 heavy (non-hydrogen) atoms. The number of fused-ring (bicyclic) bond motifs is 3. The summed E-state index contributed by atoms with van der Waals surface area (Å²) in [6, 6.07) is 0. The van der Waals surface area contributed by atoms with Crippen LogP contribution in [0.4, 0.5) is 0 Å². The number of ketones is 1. The number of allylic oxidation sites excluding steroid dienone is 1. The molecule has 2 aliphatic carbocycles. The Kier molecular flexibility index (Phi) is 4.86. The van der Waals surface area contributed by atoms with Crippen LogP contribution in [0.25, 0.3) is 0 Å². The summed E-state index contributed by atoms with van der Waals surface area (Å²) < 4.78 is 16.3. The van der Waals surface area contributed by atoms with Crippen LogP contribution in [0.1, 0.15) is 27.7 Å². The topological polar surface area (TPSA) is 116 Å². The predicted molar refractivity (Wildman–Crippen MR) is 99.2 cm³/mol. The van der Waals surface area contributed by atoms with Gasteiger partial charge in [-0.25, -0.2) is 9.59 Å². The van der Waals surface area contributed by atoms with Gasteiger partial charge in [-0.15, -0.1) is 0 Å². The summed E-state index contributed by atoms with van der Waals surface area (Å²) in [5.41, 5.74) is -1.52. The van der Waals surface area contributed by atoms with Crippen molar-refractivity contribution in [2.45, 2.75) is 51.6 Å². The fourth-order valence-electron chi connectivity index (χ4n) is 4.20. The molecule has 0 bridgehead atoms. The van der Waals surface area contributed by atoms with Crippen molar-refractivity contribution in [3.05, 3.63) is 47.1 Å². The van der Waals surface area contributed by atoms with E-state index in [0.29, 0.717) is 0 Å². The molecule has 1 N–H and O–H groups in total. The van der Waals surface area contributed by atoms with Crippen molar-refractivity contribution in [1.82, 2.24) is 0 Å². The highest BCUT2D eigenvalue weighted by Crippen LogP contribution is 2.51. The van der Waals surface area contributed by atoms with Crippen LogP contribution in [-0.2, 0) is 33.4 Å². The van der Waals surface area contributed by atoms with Gasteiger partial charge in [0.15, 0.2) is 23.6 Å².